The maximum Gasteiger partial charge on any atom is 0.238 e. The Kier molecular flexibility index (Phi) is 4.56. The number of imide groups is 1. The van der Waals surface area contributed by atoms with Gasteiger partial charge in [-0.25, -0.2) is 0 Å². The third-order valence-corrected chi connectivity index (χ3v) is 9.59. The minimum atomic E-state index is -0.208. The summed E-state index contributed by atoms with van der Waals surface area (Å²) in [4.78, 5) is 28.0. The standard InChI is InChI=1S/C21H16Br2ClNO3/c22-18-14-9-15(19(18)23)17-16(14)20(26)25(21(17)27)11-3-7-13(8-4-11)28-12-5-1-10(24)2-6-12/h1-8,14-19H,9H2/t14-,15+,16-,17-,18-,19+/m0/s1. The molecule has 2 bridgehead atoms. The molecule has 2 aromatic carbocycles. The zero-order chi connectivity index (χ0) is 19.6. The van der Waals surface area contributed by atoms with E-state index in [1.54, 1.807) is 48.5 Å². The van der Waals surface area contributed by atoms with Gasteiger partial charge in [0.05, 0.1) is 17.5 Å². The quantitative estimate of drug-likeness (QED) is 0.398. The number of carbonyl (C=O) groups is 2. The number of rotatable bonds is 3. The first-order valence-electron chi connectivity index (χ1n) is 9.15. The van der Waals surface area contributed by atoms with E-state index in [1.165, 1.54) is 4.90 Å². The van der Waals surface area contributed by atoms with Gasteiger partial charge in [-0.15, -0.1) is 0 Å². The second kappa shape index (κ2) is 6.85. The van der Waals surface area contributed by atoms with Crippen LogP contribution in [0.1, 0.15) is 6.42 Å². The molecular weight excluding hydrogens is 509 g/mol. The fourth-order valence-electron chi connectivity index (χ4n) is 4.91. The van der Waals surface area contributed by atoms with Crippen LogP contribution in [0.15, 0.2) is 48.5 Å². The number of hydrogen-bond acceptors (Lipinski definition) is 3. The second-order valence-electron chi connectivity index (χ2n) is 7.57. The molecule has 0 aromatic heterocycles. The van der Waals surface area contributed by atoms with Gasteiger partial charge >= 0.3 is 0 Å². The lowest BCUT2D eigenvalue weighted by molar-refractivity contribution is -0.123. The molecule has 7 heteroatoms. The van der Waals surface area contributed by atoms with Gasteiger partial charge in [0.25, 0.3) is 0 Å². The first-order chi connectivity index (χ1) is 13.5. The molecule has 2 aromatic rings. The number of benzene rings is 2. The molecule has 2 amide bonds. The van der Waals surface area contributed by atoms with E-state index in [2.05, 4.69) is 31.9 Å². The maximum absolute atomic E-state index is 13.1. The van der Waals surface area contributed by atoms with Crippen LogP contribution in [0.3, 0.4) is 0 Å². The van der Waals surface area contributed by atoms with Crippen molar-refractivity contribution >= 4 is 61.0 Å². The first-order valence-corrected chi connectivity index (χ1v) is 11.4. The molecule has 1 aliphatic heterocycles. The second-order valence-corrected chi connectivity index (χ2v) is 10.1. The van der Waals surface area contributed by atoms with E-state index in [0.717, 1.165) is 6.42 Å². The topological polar surface area (TPSA) is 46.6 Å². The number of ether oxygens (including phenoxy) is 1. The van der Waals surface area contributed by atoms with Crippen molar-refractivity contribution in [2.75, 3.05) is 4.90 Å². The Hall–Kier alpha value is -1.37. The smallest absolute Gasteiger partial charge is 0.238 e. The number of hydrogen-bond donors (Lipinski definition) is 0. The molecule has 4 nitrogen and oxygen atoms in total. The van der Waals surface area contributed by atoms with Crippen molar-refractivity contribution in [3.63, 3.8) is 0 Å². The van der Waals surface area contributed by atoms with Crippen LogP contribution in [0.4, 0.5) is 5.69 Å². The summed E-state index contributed by atoms with van der Waals surface area (Å²) in [6, 6.07) is 14.2. The molecule has 2 aliphatic carbocycles. The summed E-state index contributed by atoms with van der Waals surface area (Å²) in [5, 5.41) is 0.643. The molecular formula is C21H16Br2ClNO3. The van der Waals surface area contributed by atoms with Crippen molar-refractivity contribution in [1.82, 2.24) is 0 Å². The molecule has 0 N–H and O–H groups in total. The van der Waals surface area contributed by atoms with E-state index in [1.807, 2.05) is 0 Å². The summed E-state index contributed by atoms with van der Waals surface area (Å²) in [5.74, 6) is 1.17. The largest absolute Gasteiger partial charge is 0.457 e. The van der Waals surface area contributed by atoms with Crippen molar-refractivity contribution < 1.29 is 14.3 Å². The van der Waals surface area contributed by atoms with Gasteiger partial charge in [0.1, 0.15) is 11.5 Å². The average Bonchev–Trinajstić information content (AvgIpc) is 3.29. The fourth-order valence-corrected chi connectivity index (χ4v) is 6.90. The summed E-state index contributed by atoms with van der Waals surface area (Å²) in [5.41, 5.74) is 0.601. The predicted molar refractivity (Wildman–Crippen MR) is 114 cm³/mol. The normalized spacial score (nSPS) is 33.5. The van der Waals surface area contributed by atoms with Crippen molar-refractivity contribution in [2.45, 2.75) is 16.1 Å². The summed E-state index contributed by atoms with van der Waals surface area (Å²) >= 11 is 13.3. The molecule has 0 radical (unpaired) electrons. The number of alkyl halides is 2. The molecule has 1 saturated heterocycles. The maximum atomic E-state index is 13.1. The monoisotopic (exact) mass is 523 g/mol. The highest BCUT2D eigenvalue weighted by Gasteiger charge is 2.66. The predicted octanol–water partition coefficient (Wildman–Crippen LogP) is 5.41. The molecule has 0 unspecified atom stereocenters. The van der Waals surface area contributed by atoms with Crippen molar-refractivity contribution in [3.8, 4) is 11.5 Å². The van der Waals surface area contributed by atoms with E-state index < -0.39 is 0 Å². The van der Waals surface area contributed by atoms with Crippen LogP contribution in [-0.2, 0) is 9.59 Å². The highest BCUT2D eigenvalue weighted by atomic mass is 79.9. The third-order valence-electron chi connectivity index (χ3n) is 6.13. The molecule has 5 rings (SSSR count). The average molecular weight is 526 g/mol. The van der Waals surface area contributed by atoms with Crippen LogP contribution in [0.5, 0.6) is 11.5 Å². The van der Waals surface area contributed by atoms with Gasteiger partial charge in [0.15, 0.2) is 0 Å². The Labute approximate surface area is 184 Å². The lowest BCUT2D eigenvalue weighted by Gasteiger charge is -2.28. The van der Waals surface area contributed by atoms with Gasteiger partial charge in [-0.3, -0.25) is 14.5 Å². The molecule has 1 heterocycles. The SMILES string of the molecule is O=C1[C@H]2[C@@H]3C[C@@H]([C@@H](Br)[C@H]3Br)[C@@H]2C(=O)N1c1ccc(Oc2ccc(Cl)cc2)cc1. The minimum Gasteiger partial charge on any atom is -0.457 e. The molecule has 3 aliphatic rings. The van der Waals surface area contributed by atoms with Gasteiger partial charge in [-0.05, 0) is 66.8 Å². The Balaban J connectivity index is 1.37. The third kappa shape index (κ3) is 2.76. The van der Waals surface area contributed by atoms with Crippen LogP contribution in [-0.4, -0.2) is 21.5 Å². The van der Waals surface area contributed by atoms with Gasteiger partial charge in [0, 0.05) is 14.7 Å². The van der Waals surface area contributed by atoms with Crippen molar-refractivity contribution in [2.24, 2.45) is 23.7 Å². The highest BCUT2D eigenvalue weighted by molar-refractivity contribution is 9.12. The zero-order valence-electron chi connectivity index (χ0n) is 14.6. The number of nitrogens with zero attached hydrogens (tertiary/aromatic N) is 1. The summed E-state index contributed by atoms with van der Waals surface area (Å²) in [6.07, 6.45) is 0.931. The van der Waals surface area contributed by atoms with Crippen molar-refractivity contribution in [1.29, 1.82) is 0 Å². The Morgan fingerprint density at radius 3 is 1.79 bits per heavy atom. The van der Waals surface area contributed by atoms with Gasteiger partial charge in [-0.1, -0.05) is 43.5 Å². The summed E-state index contributed by atoms with van der Waals surface area (Å²) < 4.78 is 5.79. The van der Waals surface area contributed by atoms with E-state index in [0.29, 0.717) is 22.2 Å². The number of halogens is 3. The van der Waals surface area contributed by atoms with Crippen LogP contribution < -0.4 is 9.64 Å². The fraction of sp³-hybridized carbons (Fsp3) is 0.333. The van der Waals surface area contributed by atoms with E-state index in [9.17, 15) is 9.59 Å². The van der Waals surface area contributed by atoms with Crippen LogP contribution >= 0.6 is 43.5 Å². The summed E-state index contributed by atoms with van der Waals surface area (Å²) in [6.45, 7) is 0. The van der Waals surface area contributed by atoms with Gasteiger partial charge in [0.2, 0.25) is 11.8 Å². The van der Waals surface area contributed by atoms with Crippen molar-refractivity contribution in [3.05, 3.63) is 53.6 Å². The first kappa shape index (κ1) is 18.6. The number of anilines is 1. The molecule has 2 saturated carbocycles. The lowest BCUT2D eigenvalue weighted by atomic mass is 9.81. The van der Waals surface area contributed by atoms with Crippen LogP contribution in [0.25, 0.3) is 0 Å². The Morgan fingerprint density at radius 2 is 1.29 bits per heavy atom. The Bertz CT molecular complexity index is 917. The van der Waals surface area contributed by atoms with Crippen LogP contribution in [0.2, 0.25) is 5.02 Å². The molecule has 3 fully saturated rings. The molecule has 0 spiro atoms. The zero-order valence-corrected chi connectivity index (χ0v) is 18.5. The number of fused-ring (bicyclic) bond motifs is 5. The molecule has 6 atom stereocenters. The summed E-state index contributed by atoms with van der Waals surface area (Å²) in [7, 11) is 0. The van der Waals surface area contributed by atoms with E-state index in [4.69, 9.17) is 16.3 Å². The molecule has 28 heavy (non-hydrogen) atoms. The van der Waals surface area contributed by atoms with E-state index in [-0.39, 0.29) is 45.1 Å². The highest BCUT2D eigenvalue weighted by Crippen LogP contribution is 2.60. The Morgan fingerprint density at radius 1 is 0.821 bits per heavy atom. The number of carbonyl (C=O) groups excluding carboxylic acids is 2. The van der Waals surface area contributed by atoms with Crippen LogP contribution in [0, 0.1) is 23.7 Å². The van der Waals surface area contributed by atoms with Gasteiger partial charge in [-0.2, -0.15) is 0 Å². The van der Waals surface area contributed by atoms with E-state index >= 15 is 0 Å². The lowest BCUT2D eigenvalue weighted by Crippen LogP contribution is -2.37. The minimum absolute atomic E-state index is 0.0716. The van der Waals surface area contributed by atoms with Gasteiger partial charge < -0.3 is 4.74 Å². The number of amides is 2. The molecule has 144 valence electrons.